The van der Waals surface area contributed by atoms with Gasteiger partial charge in [-0.05, 0) is 32.5 Å². The molecule has 1 unspecified atom stereocenters. The zero-order valence-corrected chi connectivity index (χ0v) is 10.1. The van der Waals surface area contributed by atoms with Crippen LogP contribution in [0.3, 0.4) is 0 Å². The minimum Gasteiger partial charge on any atom is -0.350 e. The van der Waals surface area contributed by atoms with Crippen molar-refractivity contribution < 1.29 is 13.6 Å². The van der Waals surface area contributed by atoms with Gasteiger partial charge in [-0.15, -0.1) is 0 Å². The summed E-state index contributed by atoms with van der Waals surface area (Å²) in [4.78, 5) is 11.6. The summed E-state index contributed by atoms with van der Waals surface area (Å²) in [7, 11) is 1.74. The molecule has 0 aliphatic rings. The molecule has 5 heteroatoms. The fraction of sp³-hybridized carbons (Fsp3) is 0.417. The Morgan fingerprint density at radius 3 is 2.65 bits per heavy atom. The molecule has 0 saturated heterocycles. The Morgan fingerprint density at radius 2 is 2.06 bits per heavy atom. The van der Waals surface area contributed by atoms with Crippen molar-refractivity contribution in [3.63, 3.8) is 0 Å². The number of carbonyl (C=O) groups is 1. The van der Waals surface area contributed by atoms with Crippen molar-refractivity contribution in [1.82, 2.24) is 10.6 Å². The maximum Gasteiger partial charge on any atom is 0.257 e. The van der Waals surface area contributed by atoms with Gasteiger partial charge in [0, 0.05) is 12.6 Å². The molecule has 3 nitrogen and oxygen atoms in total. The second kappa shape index (κ2) is 5.72. The van der Waals surface area contributed by atoms with E-state index in [9.17, 15) is 13.6 Å². The lowest BCUT2D eigenvalue weighted by atomic mass is 10.1. The zero-order valence-electron chi connectivity index (χ0n) is 10.1. The van der Waals surface area contributed by atoms with E-state index in [-0.39, 0.29) is 11.6 Å². The van der Waals surface area contributed by atoms with Gasteiger partial charge in [0.05, 0.1) is 0 Å². The summed E-state index contributed by atoms with van der Waals surface area (Å²) in [5.74, 6) is -2.38. The third kappa shape index (κ3) is 3.23. The van der Waals surface area contributed by atoms with Gasteiger partial charge in [0.15, 0.2) is 0 Å². The topological polar surface area (TPSA) is 41.1 Å². The molecule has 17 heavy (non-hydrogen) atoms. The Bertz CT molecular complexity index is 421. The summed E-state index contributed by atoms with van der Waals surface area (Å²) < 4.78 is 27.0. The van der Waals surface area contributed by atoms with E-state index in [1.165, 1.54) is 13.0 Å². The van der Waals surface area contributed by atoms with Gasteiger partial charge < -0.3 is 10.6 Å². The fourth-order valence-electron chi connectivity index (χ4n) is 1.30. The van der Waals surface area contributed by atoms with Crippen LogP contribution in [0.25, 0.3) is 0 Å². The van der Waals surface area contributed by atoms with Crippen LogP contribution in [0.2, 0.25) is 0 Å². The monoisotopic (exact) mass is 242 g/mol. The number of hydrogen-bond acceptors (Lipinski definition) is 2. The minimum absolute atomic E-state index is 0.0369. The van der Waals surface area contributed by atoms with Crippen molar-refractivity contribution >= 4 is 5.91 Å². The number of likely N-dealkylation sites (N-methyl/N-ethyl adjacent to an activating group) is 1. The molecule has 1 aromatic rings. The van der Waals surface area contributed by atoms with E-state index in [1.807, 2.05) is 6.92 Å². The number of aryl methyl sites for hydroxylation is 1. The van der Waals surface area contributed by atoms with Crippen molar-refractivity contribution in [3.05, 3.63) is 34.9 Å². The van der Waals surface area contributed by atoms with Gasteiger partial charge in [-0.1, -0.05) is 6.07 Å². The van der Waals surface area contributed by atoms with E-state index in [2.05, 4.69) is 10.6 Å². The van der Waals surface area contributed by atoms with Crippen LogP contribution in [0.15, 0.2) is 12.1 Å². The maximum absolute atomic E-state index is 13.6. The van der Waals surface area contributed by atoms with Gasteiger partial charge in [-0.25, -0.2) is 8.78 Å². The molecular formula is C12H16F2N2O. The predicted molar refractivity (Wildman–Crippen MR) is 61.9 cm³/mol. The summed E-state index contributed by atoms with van der Waals surface area (Å²) in [6.45, 7) is 3.65. The van der Waals surface area contributed by atoms with Crippen LogP contribution < -0.4 is 10.6 Å². The highest BCUT2D eigenvalue weighted by molar-refractivity contribution is 5.95. The van der Waals surface area contributed by atoms with Crippen molar-refractivity contribution in [2.24, 2.45) is 0 Å². The second-order valence-corrected chi connectivity index (χ2v) is 3.95. The van der Waals surface area contributed by atoms with E-state index in [1.54, 1.807) is 7.05 Å². The summed E-state index contributed by atoms with van der Waals surface area (Å²) in [6.07, 6.45) is 0. The highest BCUT2D eigenvalue weighted by atomic mass is 19.1. The number of amides is 1. The van der Waals surface area contributed by atoms with Gasteiger partial charge in [-0.3, -0.25) is 4.79 Å². The van der Waals surface area contributed by atoms with Crippen molar-refractivity contribution in [3.8, 4) is 0 Å². The zero-order chi connectivity index (χ0) is 13.0. The second-order valence-electron chi connectivity index (χ2n) is 3.95. The third-order valence-corrected chi connectivity index (χ3v) is 2.57. The molecule has 2 N–H and O–H groups in total. The van der Waals surface area contributed by atoms with Crippen LogP contribution >= 0.6 is 0 Å². The molecule has 0 heterocycles. The van der Waals surface area contributed by atoms with Crippen molar-refractivity contribution in [1.29, 1.82) is 0 Å². The van der Waals surface area contributed by atoms with Crippen molar-refractivity contribution in [2.45, 2.75) is 19.9 Å². The third-order valence-electron chi connectivity index (χ3n) is 2.57. The van der Waals surface area contributed by atoms with E-state index < -0.39 is 23.1 Å². The molecule has 0 fully saturated rings. The Labute approximate surface area is 99.2 Å². The fourth-order valence-corrected chi connectivity index (χ4v) is 1.30. The first-order chi connectivity index (χ1) is 7.97. The average molecular weight is 242 g/mol. The first kappa shape index (κ1) is 13.6. The number of benzene rings is 1. The Hall–Kier alpha value is -1.49. The van der Waals surface area contributed by atoms with Crippen LogP contribution in [0.5, 0.6) is 0 Å². The Balaban J connectivity index is 2.86. The summed E-state index contributed by atoms with van der Waals surface area (Å²) in [5, 5.41) is 5.39. The maximum atomic E-state index is 13.6. The molecule has 1 rings (SSSR count). The number of nitrogens with one attached hydrogen (secondary N) is 2. The minimum atomic E-state index is -0.845. The molecule has 0 aromatic heterocycles. The predicted octanol–water partition coefficient (Wildman–Crippen LogP) is 1.61. The summed E-state index contributed by atoms with van der Waals surface area (Å²) in [5.41, 5.74) is -0.272. The molecule has 0 aliphatic heterocycles. The van der Waals surface area contributed by atoms with Crippen LogP contribution in [0.1, 0.15) is 22.8 Å². The molecule has 1 aromatic carbocycles. The van der Waals surface area contributed by atoms with Crippen molar-refractivity contribution in [2.75, 3.05) is 13.6 Å². The van der Waals surface area contributed by atoms with E-state index in [4.69, 9.17) is 0 Å². The van der Waals surface area contributed by atoms with Crippen LogP contribution in [0, 0.1) is 18.6 Å². The number of carbonyl (C=O) groups excluding carboxylic acids is 1. The molecular weight excluding hydrogens is 226 g/mol. The SMILES string of the molecule is CNC(C)CNC(=O)c1c(F)ccc(C)c1F. The van der Waals surface area contributed by atoms with Crippen LogP contribution in [-0.2, 0) is 0 Å². The van der Waals surface area contributed by atoms with Gasteiger partial charge >= 0.3 is 0 Å². The van der Waals surface area contributed by atoms with Gasteiger partial charge in [0.25, 0.3) is 5.91 Å². The molecule has 94 valence electrons. The Kier molecular flexibility index (Phi) is 4.57. The summed E-state index contributed by atoms with van der Waals surface area (Å²) in [6, 6.07) is 2.43. The largest absolute Gasteiger partial charge is 0.350 e. The van der Waals surface area contributed by atoms with E-state index in [0.717, 1.165) is 6.07 Å². The Morgan fingerprint density at radius 1 is 1.41 bits per heavy atom. The normalized spacial score (nSPS) is 12.3. The lowest BCUT2D eigenvalue weighted by Gasteiger charge is -2.12. The molecule has 0 spiro atoms. The highest BCUT2D eigenvalue weighted by Crippen LogP contribution is 2.15. The van der Waals surface area contributed by atoms with Gasteiger partial charge in [-0.2, -0.15) is 0 Å². The van der Waals surface area contributed by atoms with Gasteiger partial charge in [0.2, 0.25) is 0 Å². The van der Waals surface area contributed by atoms with Crippen LogP contribution in [-0.4, -0.2) is 25.5 Å². The smallest absolute Gasteiger partial charge is 0.257 e. The standard InChI is InChI=1S/C12H16F2N2O/c1-7-4-5-9(13)10(11(7)14)12(17)16-6-8(2)15-3/h4-5,8,15H,6H2,1-3H3,(H,16,17). The summed E-state index contributed by atoms with van der Waals surface area (Å²) >= 11 is 0. The quantitative estimate of drug-likeness (QED) is 0.842. The number of hydrogen-bond donors (Lipinski definition) is 2. The molecule has 0 saturated carbocycles. The first-order valence-corrected chi connectivity index (χ1v) is 5.37. The molecule has 1 amide bonds. The van der Waals surface area contributed by atoms with Gasteiger partial charge in [0.1, 0.15) is 17.2 Å². The molecule has 0 bridgehead atoms. The number of halogens is 2. The molecule has 0 aliphatic carbocycles. The van der Waals surface area contributed by atoms with E-state index in [0.29, 0.717) is 6.54 Å². The highest BCUT2D eigenvalue weighted by Gasteiger charge is 2.18. The lowest BCUT2D eigenvalue weighted by molar-refractivity contribution is 0.0942. The van der Waals surface area contributed by atoms with Crippen LogP contribution in [0.4, 0.5) is 8.78 Å². The number of rotatable bonds is 4. The first-order valence-electron chi connectivity index (χ1n) is 5.37. The molecule has 1 atom stereocenters. The lowest BCUT2D eigenvalue weighted by Crippen LogP contribution is -2.37. The average Bonchev–Trinajstić information content (AvgIpc) is 2.31. The van der Waals surface area contributed by atoms with E-state index >= 15 is 0 Å². The molecule has 0 radical (unpaired) electrons.